The fourth-order valence-corrected chi connectivity index (χ4v) is 2.46. The maximum atomic E-state index is 4.56. The predicted octanol–water partition coefficient (Wildman–Crippen LogP) is 1.26. The second kappa shape index (κ2) is 9.42. The number of hydrogen-bond acceptors (Lipinski definition) is 2. The molecule has 0 aliphatic rings. The standard InChI is InChI=1S/C18H25N3.ClH/c1-4-5-7-10-14(2)19-18-20-15(3)13-17(21-18)16-11-8-6-9-12-16;/h6,8-9,11-14H,4-5,7,10H2,1-3H3,(H,19,20,21);1H. The first-order valence-electron chi connectivity index (χ1n) is 7.92. The summed E-state index contributed by atoms with van der Waals surface area (Å²) in [4.78, 5) is 7.96. The van der Waals surface area contributed by atoms with Crippen LogP contribution in [0.1, 0.15) is 45.2 Å². The third kappa shape index (κ3) is 5.64. The second-order valence-electron chi connectivity index (χ2n) is 5.69. The molecular formula is C18H26ClN3. The van der Waals surface area contributed by atoms with Gasteiger partial charge in [0.05, 0.1) is 6.04 Å². The fraction of sp³-hybridized carbons (Fsp3) is 0.444. The van der Waals surface area contributed by atoms with E-state index in [4.69, 9.17) is 0 Å². The van der Waals surface area contributed by atoms with Gasteiger partial charge in [-0.1, -0.05) is 61.5 Å². The summed E-state index contributed by atoms with van der Waals surface area (Å²) in [5.41, 5.74) is 3.31. The molecule has 0 bridgehead atoms. The lowest BCUT2D eigenvalue weighted by molar-refractivity contribution is -0.352. The minimum absolute atomic E-state index is 0. The molecule has 120 valence electrons. The average molecular weight is 320 g/mol. The number of benzene rings is 1. The lowest BCUT2D eigenvalue weighted by atomic mass is 10.1. The molecule has 0 fully saturated rings. The van der Waals surface area contributed by atoms with Crippen LogP contribution in [-0.4, -0.2) is 11.0 Å². The Morgan fingerprint density at radius 2 is 1.91 bits per heavy atom. The van der Waals surface area contributed by atoms with Crippen molar-refractivity contribution in [3.8, 4) is 11.3 Å². The Kier molecular flexibility index (Phi) is 7.89. The highest BCUT2D eigenvalue weighted by atomic mass is 35.5. The van der Waals surface area contributed by atoms with Gasteiger partial charge in [0.1, 0.15) is 11.4 Å². The van der Waals surface area contributed by atoms with Crippen molar-refractivity contribution < 1.29 is 17.4 Å². The van der Waals surface area contributed by atoms with Gasteiger partial charge in [-0.05, 0) is 20.3 Å². The van der Waals surface area contributed by atoms with Gasteiger partial charge in [-0.25, -0.2) is 4.98 Å². The van der Waals surface area contributed by atoms with E-state index in [1.807, 2.05) is 13.0 Å². The number of halogens is 1. The van der Waals surface area contributed by atoms with Gasteiger partial charge in [-0.15, -0.1) is 0 Å². The monoisotopic (exact) mass is 319 g/mol. The summed E-state index contributed by atoms with van der Waals surface area (Å²) in [6.07, 6.45) is 5.01. The van der Waals surface area contributed by atoms with Crippen LogP contribution in [0.2, 0.25) is 0 Å². The smallest absolute Gasteiger partial charge is 0.390 e. The zero-order chi connectivity index (χ0) is 15.1. The van der Waals surface area contributed by atoms with Crippen LogP contribution in [-0.2, 0) is 0 Å². The summed E-state index contributed by atoms with van der Waals surface area (Å²) < 4.78 is 0. The molecule has 1 atom stereocenters. The summed E-state index contributed by atoms with van der Waals surface area (Å²) in [6.45, 7) is 6.49. The van der Waals surface area contributed by atoms with Crippen LogP contribution >= 0.6 is 0 Å². The number of nitrogens with zero attached hydrogens (tertiary/aromatic N) is 1. The van der Waals surface area contributed by atoms with E-state index >= 15 is 0 Å². The number of unbranched alkanes of at least 4 members (excludes halogenated alkanes) is 2. The van der Waals surface area contributed by atoms with E-state index in [1.165, 1.54) is 31.2 Å². The van der Waals surface area contributed by atoms with Crippen LogP contribution in [0.3, 0.4) is 0 Å². The molecule has 3 nitrogen and oxygen atoms in total. The van der Waals surface area contributed by atoms with Gasteiger partial charge in [0, 0.05) is 11.6 Å². The molecule has 1 unspecified atom stereocenters. The number of H-pyrrole nitrogens is 1. The molecule has 0 aliphatic carbocycles. The first kappa shape index (κ1) is 18.4. The molecule has 0 radical (unpaired) electrons. The molecule has 2 rings (SSSR count). The predicted molar refractivity (Wildman–Crippen MR) is 88.2 cm³/mol. The van der Waals surface area contributed by atoms with Gasteiger partial charge >= 0.3 is 5.95 Å². The highest BCUT2D eigenvalue weighted by Gasteiger charge is 2.13. The summed E-state index contributed by atoms with van der Waals surface area (Å²) >= 11 is 0. The zero-order valence-corrected chi connectivity index (χ0v) is 14.5. The van der Waals surface area contributed by atoms with Gasteiger partial charge in [0.25, 0.3) is 0 Å². The molecule has 0 saturated heterocycles. The number of aromatic nitrogens is 2. The second-order valence-corrected chi connectivity index (χ2v) is 5.69. The van der Waals surface area contributed by atoms with Gasteiger partial charge in [-0.2, -0.15) is 0 Å². The summed E-state index contributed by atoms with van der Waals surface area (Å²) in [5.74, 6) is 0.859. The molecule has 2 aromatic rings. The van der Waals surface area contributed by atoms with E-state index in [-0.39, 0.29) is 12.4 Å². The number of anilines is 1. The largest absolute Gasteiger partial charge is 1.00 e. The van der Waals surface area contributed by atoms with Crippen LogP contribution in [0, 0.1) is 6.92 Å². The Hall–Kier alpha value is -1.61. The molecule has 0 amide bonds. The number of rotatable bonds is 7. The van der Waals surface area contributed by atoms with E-state index in [0.29, 0.717) is 6.04 Å². The molecule has 4 heteroatoms. The average Bonchev–Trinajstić information content (AvgIpc) is 2.48. The van der Waals surface area contributed by atoms with Crippen LogP contribution in [0.25, 0.3) is 11.3 Å². The molecule has 1 heterocycles. The number of nitrogens with one attached hydrogen (secondary N) is 2. The Balaban J connectivity index is 0.00000242. The first-order chi connectivity index (χ1) is 10.2. The van der Waals surface area contributed by atoms with Crippen LogP contribution in [0.4, 0.5) is 5.95 Å². The van der Waals surface area contributed by atoms with E-state index in [0.717, 1.165) is 17.3 Å². The number of aromatic amines is 1. The van der Waals surface area contributed by atoms with Crippen molar-refractivity contribution in [2.24, 2.45) is 0 Å². The van der Waals surface area contributed by atoms with Gasteiger partial charge < -0.3 is 12.4 Å². The van der Waals surface area contributed by atoms with E-state index in [1.54, 1.807) is 0 Å². The van der Waals surface area contributed by atoms with Crippen molar-refractivity contribution in [3.05, 3.63) is 42.1 Å². The number of aryl methyl sites for hydroxylation is 1. The molecule has 1 aromatic heterocycles. The minimum atomic E-state index is 0. The van der Waals surface area contributed by atoms with Crippen molar-refractivity contribution >= 4 is 5.95 Å². The SMILES string of the molecule is CCCCCC(C)Nc1nc(C)cc(-c2ccccc2)[nH+]1.[Cl-]. The van der Waals surface area contributed by atoms with E-state index < -0.39 is 0 Å². The lowest BCUT2D eigenvalue weighted by Crippen LogP contribution is -3.00. The maximum absolute atomic E-state index is 4.56. The van der Waals surface area contributed by atoms with Crippen molar-refractivity contribution in [2.45, 2.75) is 52.5 Å². The van der Waals surface area contributed by atoms with Crippen molar-refractivity contribution in [1.82, 2.24) is 4.98 Å². The van der Waals surface area contributed by atoms with E-state index in [9.17, 15) is 0 Å². The van der Waals surface area contributed by atoms with Crippen molar-refractivity contribution in [1.29, 1.82) is 0 Å². The van der Waals surface area contributed by atoms with Gasteiger partial charge in [-0.3, -0.25) is 5.32 Å². The highest BCUT2D eigenvalue weighted by molar-refractivity contribution is 5.56. The van der Waals surface area contributed by atoms with E-state index in [2.05, 4.69) is 59.5 Å². The summed E-state index contributed by atoms with van der Waals surface area (Å²) in [5, 5.41) is 3.49. The van der Waals surface area contributed by atoms with Crippen LogP contribution < -0.4 is 22.7 Å². The Labute approximate surface area is 140 Å². The third-order valence-corrected chi connectivity index (χ3v) is 3.60. The van der Waals surface area contributed by atoms with Crippen molar-refractivity contribution in [2.75, 3.05) is 5.32 Å². The normalized spacial score (nSPS) is 11.6. The molecule has 1 aromatic carbocycles. The third-order valence-electron chi connectivity index (χ3n) is 3.60. The molecule has 0 aliphatic heterocycles. The van der Waals surface area contributed by atoms with Gasteiger partial charge in [0.15, 0.2) is 0 Å². The van der Waals surface area contributed by atoms with Gasteiger partial charge in [0.2, 0.25) is 0 Å². The molecule has 2 N–H and O–H groups in total. The van der Waals surface area contributed by atoms with Crippen LogP contribution in [0.5, 0.6) is 0 Å². The van der Waals surface area contributed by atoms with Crippen LogP contribution in [0.15, 0.2) is 36.4 Å². The highest BCUT2D eigenvalue weighted by Crippen LogP contribution is 2.15. The topological polar surface area (TPSA) is 39.1 Å². The summed E-state index contributed by atoms with van der Waals surface area (Å²) in [6, 6.07) is 12.9. The van der Waals surface area contributed by atoms with Crippen molar-refractivity contribution in [3.63, 3.8) is 0 Å². The molecule has 0 spiro atoms. The quantitative estimate of drug-likeness (QED) is 0.780. The molecular weight excluding hydrogens is 294 g/mol. The number of hydrogen-bond donors (Lipinski definition) is 1. The maximum Gasteiger partial charge on any atom is 0.390 e. The molecule has 0 saturated carbocycles. The zero-order valence-electron chi connectivity index (χ0n) is 13.7. The summed E-state index contributed by atoms with van der Waals surface area (Å²) in [7, 11) is 0. The lowest BCUT2D eigenvalue weighted by Gasteiger charge is -2.09. The molecule has 22 heavy (non-hydrogen) atoms. The first-order valence-corrected chi connectivity index (χ1v) is 7.92. The Bertz CT molecular complexity index is 558. The Morgan fingerprint density at radius 3 is 2.59 bits per heavy atom. The Morgan fingerprint density at radius 1 is 1.18 bits per heavy atom. The minimum Gasteiger partial charge on any atom is -1.00 e. The fourth-order valence-electron chi connectivity index (χ4n) is 2.46.